The summed E-state index contributed by atoms with van der Waals surface area (Å²) in [6, 6.07) is 13.4. The number of primary amides is 2. The van der Waals surface area contributed by atoms with Crippen molar-refractivity contribution < 1.29 is 14.3 Å². The van der Waals surface area contributed by atoms with Crippen LogP contribution < -0.4 is 11.5 Å². The summed E-state index contributed by atoms with van der Waals surface area (Å²) in [5.41, 5.74) is 18.2. The smallest absolute Gasteiger partial charge is 0.248 e. The predicted molar refractivity (Wildman–Crippen MR) is 202 cm³/mol. The Kier molecular flexibility index (Phi) is 11.8. The lowest BCUT2D eigenvalue weighted by Gasteiger charge is -2.55. The molecule has 0 aromatic heterocycles. The molecule has 0 unspecified atom stereocenters. The Morgan fingerprint density at radius 2 is 1.22 bits per heavy atom. The van der Waals surface area contributed by atoms with Gasteiger partial charge in [-0.3, -0.25) is 19.4 Å². The molecule has 1 saturated carbocycles. The van der Waals surface area contributed by atoms with E-state index in [1.807, 2.05) is 12.1 Å². The number of fused-ring (bicyclic) bond motifs is 8. The van der Waals surface area contributed by atoms with Crippen molar-refractivity contribution in [2.24, 2.45) is 29.2 Å². The first-order valence-corrected chi connectivity index (χ1v) is 17.9. The van der Waals surface area contributed by atoms with Crippen molar-refractivity contribution in [3.63, 3.8) is 0 Å². The first-order chi connectivity index (χ1) is 22.0. The molecule has 4 bridgehead atoms. The maximum absolute atomic E-state index is 11.6. The second-order valence-corrected chi connectivity index (χ2v) is 16.0. The Bertz CT molecular complexity index is 1500. The Labute approximate surface area is 297 Å². The Morgan fingerprint density at radius 3 is 1.63 bits per heavy atom. The quantitative estimate of drug-likeness (QED) is 0.340. The van der Waals surface area contributed by atoms with Gasteiger partial charge in [0.15, 0.2) is 0 Å². The average molecular weight is 675 g/mol. The highest BCUT2D eigenvalue weighted by molar-refractivity contribution is 5.93. The third-order valence-corrected chi connectivity index (χ3v) is 13.5. The lowest BCUT2D eigenvalue weighted by molar-refractivity contribution is -0.00666. The predicted octanol–water partition coefficient (Wildman–Crippen LogP) is 7.12. The zero-order valence-corrected chi connectivity index (χ0v) is 28.4. The van der Waals surface area contributed by atoms with Gasteiger partial charge in [-0.25, -0.2) is 0 Å². The summed E-state index contributed by atoms with van der Waals surface area (Å²) in [5, 5.41) is 0. The van der Waals surface area contributed by atoms with E-state index >= 15 is 0 Å². The first kappa shape index (κ1) is 39.1. The number of carbonyl (C=O) groups is 2. The molecule has 0 radical (unpaired) electrons. The van der Waals surface area contributed by atoms with Crippen LogP contribution in [0.3, 0.4) is 0 Å². The van der Waals surface area contributed by atoms with Gasteiger partial charge < -0.3 is 16.2 Å². The number of hydrogen-bond donors (Lipinski definition) is 2. The minimum Gasteiger partial charge on any atom is -0.377 e. The van der Waals surface area contributed by atoms with Crippen LogP contribution in [0.1, 0.15) is 131 Å². The molecule has 49 heavy (non-hydrogen) atoms. The number of likely N-dealkylation sites (tertiary alicyclic amines) is 2. The number of hydrogen-bond acceptors (Lipinski definition) is 5. The van der Waals surface area contributed by atoms with Crippen LogP contribution >= 0.6 is 0 Å². The van der Waals surface area contributed by atoms with Crippen molar-refractivity contribution in [1.82, 2.24) is 9.80 Å². The van der Waals surface area contributed by atoms with Gasteiger partial charge in [0, 0.05) is 42.9 Å². The topological polar surface area (TPSA) is 102 Å². The molecular formula is C42H66N4O3. The van der Waals surface area contributed by atoms with Gasteiger partial charge in [0.05, 0.1) is 6.10 Å². The summed E-state index contributed by atoms with van der Waals surface area (Å²) in [5.74, 6) is 1.52. The van der Waals surface area contributed by atoms with E-state index in [9.17, 15) is 9.59 Å². The van der Waals surface area contributed by atoms with Crippen LogP contribution in [0.2, 0.25) is 0 Å². The summed E-state index contributed by atoms with van der Waals surface area (Å²) >= 11 is 0. The number of piperidine rings is 2. The third kappa shape index (κ3) is 7.10. The molecule has 7 heteroatoms. The van der Waals surface area contributed by atoms with Crippen LogP contribution in [-0.2, 0) is 28.4 Å². The van der Waals surface area contributed by atoms with Crippen LogP contribution in [-0.4, -0.2) is 72.6 Å². The molecule has 2 amide bonds. The molecule has 4 N–H and O–H groups in total. The Morgan fingerprint density at radius 1 is 0.755 bits per heavy atom. The largest absolute Gasteiger partial charge is 0.377 e. The summed E-state index contributed by atoms with van der Waals surface area (Å²) < 4.78 is 5.87. The number of nitrogens with zero attached hydrogens (tertiary/aromatic N) is 2. The maximum Gasteiger partial charge on any atom is 0.248 e. The van der Waals surface area contributed by atoms with Gasteiger partial charge in [-0.1, -0.05) is 62.1 Å². The second-order valence-electron chi connectivity index (χ2n) is 16.0. The van der Waals surface area contributed by atoms with Gasteiger partial charge in [0.25, 0.3) is 0 Å². The van der Waals surface area contributed by atoms with Crippen molar-refractivity contribution in [2.75, 3.05) is 32.8 Å². The standard InChI is InChI=1S/C20H28N2O2.C19H26N2O.3CH4/c1-13-18-11-14-5-6-15(19(21)23)10-17(14)20(13,2)7-8-22(18)12-16-4-3-9-24-16;1-12-17-10-14-5-6-15(18(20)22)9-16(14)19(12,2)7-8-21(17)11-13-3-4-13;;;/h5-6,10,13,16,18H,3-4,7-9,11-12H2,1-2H3,(H2,21,23);5-6,9,12-13,17H,3-4,7-8,10-11H2,1-2H3,(H2,20,22);3*1H4/t13-,16-,18+,20+;12-,17+,19+;;;/m00.../s1. The van der Waals surface area contributed by atoms with Gasteiger partial charge in [-0.05, 0) is 140 Å². The van der Waals surface area contributed by atoms with E-state index in [0.717, 1.165) is 44.9 Å². The third-order valence-electron chi connectivity index (χ3n) is 13.5. The van der Waals surface area contributed by atoms with E-state index in [0.29, 0.717) is 41.2 Å². The van der Waals surface area contributed by atoms with E-state index in [1.165, 1.54) is 67.4 Å². The second kappa shape index (κ2) is 14.9. The van der Waals surface area contributed by atoms with Gasteiger partial charge >= 0.3 is 0 Å². The SMILES string of the molecule is C.C.C.C[C@H]1[C@H]2Cc3ccc(C(N)=O)cc3[C@]1(C)CCN2CC1CC1.C[C@H]1[C@H]2Cc3ccc(C(N)=O)cc3[C@]1(C)CCN2C[C@@H]1CCCO1. The molecule has 3 aliphatic heterocycles. The number of rotatable bonds is 6. The van der Waals surface area contributed by atoms with Gasteiger partial charge in [-0.2, -0.15) is 0 Å². The highest BCUT2D eigenvalue weighted by Crippen LogP contribution is 2.50. The lowest BCUT2D eigenvalue weighted by Crippen LogP contribution is -2.59. The van der Waals surface area contributed by atoms with Crippen LogP contribution in [0, 0.1) is 17.8 Å². The highest BCUT2D eigenvalue weighted by Gasteiger charge is 2.50. The molecule has 2 aromatic carbocycles. The molecule has 7 nitrogen and oxygen atoms in total. The zero-order valence-electron chi connectivity index (χ0n) is 28.4. The van der Waals surface area contributed by atoms with Gasteiger partial charge in [0.1, 0.15) is 0 Å². The highest BCUT2D eigenvalue weighted by atomic mass is 16.5. The molecule has 3 aliphatic carbocycles. The fourth-order valence-corrected chi connectivity index (χ4v) is 9.86. The maximum atomic E-state index is 11.6. The lowest BCUT2D eigenvalue weighted by atomic mass is 9.59. The van der Waals surface area contributed by atoms with E-state index < -0.39 is 0 Å². The van der Waals surface area contributed by atoms with E-state index in [-0.39, 0.29) is 44.9 Å². The minimum atomic E-state index is -0.327. The van der Waals surface area contributed by atoms with Gasteiger partial charge in [0.2, 0.25) is 11.8 Å². The van der Waals surface area contributed by atoms with Crippen LogP contribution in [0.25, 0.3) is 0 Å². The number of carbonyl (C=O) groups excluding carboxylic acids is 2. The van der Waals surface area contributed by atoms with Crippen LogP contribution in [0.15, 0.2) is 36.4 Å². The summed E-state index contributed by atoms with van der Waals surface area (Å²) in [6.07, 6.45) is 10.2. The first-order valence-electron chi connectivity index (χ1n) is 17.9. The summed E-state index contributed by atoms with van der Waals surface area (Å²) in [7, 11) is 0. The molecule has 7 atom stereocenters. The van der Waals surface area contributed by atoms with E-state index in [4.69, 9.17) is 16.2 Å². The molecule has 8 rings (SSSR count). The number of ether oxygens (including phenoxy) is 1. The minimum absolute atomic E-state index is 0. The van der Waals surface area contributed by atoms with Gasteiger partial charge in [-0.15, -0.1) is 0 Å². The number of amides is 2. The molecule has 6 aliphatic rings. The number of nitrogens with two attached hydrogens (primary N) is 2. The van der Waals surface area contributed by atoms with Crippen LogP contribution in [0.4, 0.5) is 0 Å². The van der Waals surface area contributed by atoms with Crippen molar-refractivity contribution >= 4 is 11.8 Å². The summed E-state index contributed by atoms with van der Waals surface area (Å²) in [4.78, 5) is 28.5. The molecule has 3 saturated heterocycles. The molecule has 4 fully saturated rings. The molecule has 2 aromatic rings. The molecule has 3 heterocycles. The summed E-state index contributed by atoms with van der Waals surface area (Å²) in [6.45, 7) is 15.1. The fraction of sp³-hybridized carbons (Fsp3) is 0.667. The monoisotopic (exact) mass is 675 g/mol. The number of benzene rings is 2. The normalized spacial score (nSPS) is 32.9. The van der Waals surface area contributed by atoms with Crippen molar-refractivity contribution in [3.05, 3.63) is 69.8 Å². The Hall–Kier alpha value is -2.74. The fourth-order valence-electron chi connectivity index (χ4n) is 9.86. The van der Waals surface area contributed by atoms with Crippen molar-refractivity contribution in [1.29, 1.82) is 0 Å². The molecule has 0 spiro atoms. The molecule has 272 valence electrons. The van der Waals surface area contributed by atoms with E-state index in [1.54, 1.807) is 0 Å². The van der Waals surface area contributed by atoms with Crippen molar-refractivity contribution in [2.45, 2.75) is 130 Å². The Balaban J connectivity index is 0.000000209. The van der Waals surface area contributed by atoms with Crippen molar-refractivity contribution in [3.8, 4) is 0 Å². The van der Waals surface area contributed by atoms with E-state index in [2.05, 4.69) is 61.8 Å². The zero-order chi connectivity index (χ0) is 32.4. The molecular weight excluding hydrogens is 608 g/mol. The van der Waals surface area contributed by atoms with Crippen LogP contribution in [0.5, 0.6) is 0 Å². The average Bonchev–Trinajstić information content (AvgIpc) is 3.70.